The number of para-hydroxylation sites is 1. The summed E-state index contributed by atoms with van der Waals surface area (Å²) < 4.78 is 0. The fourth-order valence-electron chi connectivity index (χ4n) is 2.73. The van der Waals surface area contributed by atoms with Crippen molar-refractivity contribution in [2.75, 3.05) is 38.1 Å². The van der Waals surface area contributed by atoms with E-state index in [1.54, 1.807) is 11.3 Å². The van der Waals surface area contributed by atoms with Crippen LogP contribution < -0.4 is 15.5 Å². The Labute approximate surface area is 167 Å². The number of hydrogen-bond acceptors (Lipinski definition) is 4. The Morgan fingerprint density at radius 1 is 1.19 bits per heavy atom. The molecule has 0 radical (unpaired) electrons. The lowest BCUT2D eigenvalue weighted by molar-refractivity contribution is 0.0677. The smallest absolute Gasteiger partial charge is 0.191 e. The van der Waals surface area contributed by atoms with Crippen molar-refractivity contribution in [3.05, 3.63) is 52.7 Å². The van der Waals surface area contributed by atoms with E-state index in [1.165, 1.54) is 5.69 Å². The Hall–Kier alpha value is -2.05. The van der Waals surface area contributed by atoms with E-state index in [1.807, 2.05) is 36.7 Å². The van der Waals surface area contributed by atoms with Gasteiger partial charge in [-0.25, -0.2) is 4.99 Å². The molecule has 1 aromatic carbocycles. The van der Waals surface area contributed by atoms with E-state index in [2.05, 4.69) is 51.8 Å². The van der Waals surface area contributed by atoms with E-state index in [9.17, 15) is 5.11 Å². The topological polar surface area (TPSA) is 59.9 Å². The summed E-state index contributed by atoms with van der Waals surface area (Å²) in [7, 11) is 2.13. The summed E-state index contributed by atoms with van der Waals surface area (Å²) in [6, 6.07) is 12.4. The van der Waals surface area contributed by atoms with Gasteiger partial charge in [0.25, 0.3) is 0 Å². The number of aliphatic imine (C=N–C) groups is 1. The summed E-state index contributed by atoms with van der Waals surface area (Å²) in [5, 5.41) is 21.2. The summed E-state index contributed by atoms with van der Waals surface area (Å²) >= 11 is 1.59. The molecule has 0 spiro atoms. The summed E-state index contributed by atoms with van der Waals surface area (Å²) in [5.74, 6) is 0.754. The first-order chi connectivity index (χ1) is 13.0. The quantitative estimate of drug-likeness (QED) is 0.332. The number of hydrogen-bond donors (Lipinski definition) is 3. The zero-order valence-corrected chi connectivity index (χ0v) is 17.4. The van der Waals surface area contributed by atoms with E-state index >= 15 is 0 Å². The molecule has 0 fully saturated rings. The van der Waals surface area contributed by atoms with Crippen LogP contribution in [-0.4, -0.2) is 44.3 Å². The molecule has 1 unspecified atom stereocenters. The Balaban J connectivity index is 1.74. The summed E-state index contributed by atoms with van der Waals surface area (Å²) in [6.07, 6.45) is 2.16. The maximum absolute atomic E-state index is 10.6. The molecule has 148 valence electrons. The van der Waals surface area contributed by atoms with E-state index in [4.69, 9.17) is 0 Å². The minimum absolute atomic E-state index is 0.329. The van der Waals surface area contributed by atoms with Crippen molar-refractivity contribution in [3.63, 3.8) is 0 Å². The summed E-state index contributed by atoms with van der Waals surface area (Å²) in [6.45, 7) is 6.85. The normalized spacial score (nSPS) is 13.9. The van der Waals surface area contributed by atoms with Gasteiger partial charge in [-0.1, -0.05) is 18.2 Å². The van der Waals surface area contributed by atoms with Crippen LogP contribution in [0.15, 0.2) is 52.2 Å². The van der Waals surface area contributed by atoms with Gasteiger partial charge in [0, 0.05) is 32.4 Å². The first-order valence-corrected chi connectivity index (χ1v) is 10.5. The lowest BCUT2D eigenvalue weighted by atomic mass is 10.00. The van der Waals surface area contributed by atoms with Gasteiger partial charge in [0.15, 0.2) is 5.96 Å². The maximum atomic E-state index is 10.6. The van der Waals surface area contributed by atoms with Crippen molar-refractivity contribution in [2.45, 2.75) is 32.3 Å². The molecule has 0 saturated carbocycles. The molecule has 1 atom stereocenters. The zero-order chi connectivity index (χ0) is 19.5. The standard InChI is InChI=1S/C21H32N4OS/c1-4-22-20(24-17-21(2,26)18-12-15-27-16-18)23-13-8-9-14-25(3)19-10-6-5-7-11-19/h5-7,10-12,15-16,26H,4,8-9,13-14,17H2,1-3H3,(H2,22,23,24). The first-order valence-electron chi connectivity index (χ1n) is 9.56. The van der Waals surface area contributed by atoms with Crippen LogP contribution in [0.25, 0.3) is 0 Å². The van der Waals surface area contributed by atoms with E-state index in [0.29, 0.717) is 6.54 Å². The predicted octanol–water partition coefficient (Wildman–Crippen LogP) is 3.43. The van der Waals surface area contributed by atoms with Crippen LogP contribution >= 0.6 is 11.3 Å². The maximum Gasteiger partial charge on any atom is 0.191 e. The van der Waals surface area contributed by atoms with Crippen molar-refractivity contribution >= 4 is 23.0 Å². The highest BCUT2D eigenvalue weighted by molar-refractivity contribution is 7.08. The highest BCUT2D eigenvalue weighted by atomic mass is 32.1. The average Bonchev–Trinajstić information content (AvgIpc) is 3.22. The van der Waals surface area contributed by atoms with Gasteiger partial charge in [-0.05, 0) is 61.2 Å². The van der Waals surface area contributed by atoms with E-state index in [-0.39, 0.29) is 0 Å². The summed E-state index contributed by atoms with van der Waals surface area (Å²) in [4.78, 5) is 6.84. The minimum atomic E-state index is -0.944. The zero-order valence-electron chi connectivity index (χ0n) is 16.6. The lowest BCUT2D eigenvalue weighted by Crippen LogP contribution is -2.39. The molecule has 0 aliphatic heterocycles. The molecule has 1 aromatic heterocycles. The number of thiophene rings is 1. The van der Waals surface area contributed by atoms with Crippen molar-refractivity contribution in [3.8, 4) is 0 Å². The molecule has 2 aromatic rings. The molecule has 0 amide bonds. The van der Waals surface area contributed by atoms with Gasteiger partial charge < -0.3 is 20.6 Å². The number of benzene rings is 1. The van der Waals surface area contributed by atoms with Gasteiger partial charge in [0.1, 0.15) is 5.60 Å². The Morgan fingerprint density at radius 2 is 1.96 bits per heavy atom. The predicted molar refractivity (Wildman–Crippen MR) is 117 cm³/mol. The van der Waals surface area contributed by atoms with Gasteiger partial charge in [-0.15, -0.1) is 0 Å². The van der Waals surface area contributed by atoms with Crippen molar-refractivity contribution in [2.24, 2.45) is 4.99 Å². The van der Waals surface area contributed by atoms with Crippen molar-refractivity contribution < 1.29 is 5.11 Å². The largest absolute Gasteiger partial charge is 0.383 e. The van der Waals surface area contributed by atoms with Gasteiger partial charge in [0.2, 0.25) is 0 Å². The Morgan fingerprint density at radius 3 is 2.63 bits per heavy atom. The average molecular weight is 389 g/mol. The van der Waals surface area contributed by atoms with Crippen LogP contribution in [0.4, 0.5) is 5.69 Å². The molecular weight excluding hydrogens is 356 g/mol. The number of anilines is 1. The molecular formula is C21H32N4OS. The molecule has 5 nitrogen and oxygen atoms in total. The van der Waals surface area contributed by atoms with Crippen LogP contribution in [0.2, 0.25) is 0 Å². The van der Waals surface area contributed by atoms with Crippen LogP contribution in [0, 0.1) is 0 Å². The third-order valence-electron chi connectivity index (χ3n) is 4.44. The fraction of sp³-hybridized carbons (Fsp3) is 0.476. The monoisotopic (exact) mass is 388 g/mol. The highest BCUT2D eigenvalue weighted by Crippen LogP contribution is 2.23. The Kier molecular flexibility index (Phi) is 8.61. The second kappa shape index (κ2) is 10.9. The molecule has 0 aliphatic rings. The number of nitrogens with zero attached hydrogens (tertiary/aromatic N) is 2. The first kappa shape index (κ1) is 21.3. The van der Waals surface area contributed by atoms with E-state index < -0.39 is 5.60 Å². The SMILES string of the molecule is CCNC(=NCC(C)(O)c1ccsc1)NCCCCN(C)c1ccccc1. The molecule has 0 saturated heterocycles. The van der Waals surface area contributed by atoms with Gasteiger partial charge in [-0.3, -0.25) is 0 Å². The third kappa shape index (κ3) is 7.23. The number of guanidine groups is 1. The number of nitrogens with one attached hydrogen (secondary N) is 2. The number of aliphatic hydroxyl groups is 1. The van der Waals surface area contributed by atoms with Crippen LogP contribution in [0.5, 0.6) is 0 Å². The Bertz CT molecular complexity index is 671. The van der Waals surface area contributed by atoms with Crippen LogP contribution in [-0.2, 0) is 5.60 Å². The van der Waals surface area contributed by atoms with Crippen molar-refractivity contribution in [1.29, 1.82) is 0 Å². The highest BCUT2D eigenvalue weighted by Gasteiger charge is 2.23. The van der Waals surface area contributed by atoms with Gasteiger partial charge in [-0.2, -0.15) is 11.3 Å². The molecule has 6 heteroatoms. The van der Waals surface area contributed by atoms with Crippen molar-refractivity contribution in [1.82, 2.24) is 10.6 Å². The van der Waals surface area contributed by atoms with Crippen LogP contribution in [0.3, 0.4) is 0 Å². The third-order valence-corrected chi connectivity index (χ3v) is 5.13. The molecule has 2 rings (SSSR count). The van der Waals surface area contributed by atoms with Crippen LogP contribution in [0.1, 0.15) is 32.3 Å². The number of rotatable bonds is 10. The lowest BCUT2D eigenvalue weighted by Gasteiger charge is -2.21. The molecule has 27 heavy (non-hydrogen) atoms. The second-order valence-corrected chi connectivity index (χ2v) is 7.65. The summed E-state index contributed by atoms with van der Waals surface area (Å²) in [5.41, 5.74) is 1.22. The number of unbranched alkanes of at least 4 members (excludes halogenated alkanes) is 1. The molecule has 1 heterocycles. The second-order valence-electron chi connectivity index (χ2n) is 6.87. The molecule has 0 bridgehead atoms. The van der Waals surface area contributed by atoms with E-state index in [0.717, 1.165) is 44.0 Å². The van der Waals surface area contributed by atoms with Gasteiger partial charge in [0.05, 0.1) is 6.54 Å². The minimum Gasteiger partial charge on any atom is -0.383 e. The fourth-order valence-corrected chi connectivity index (χ4v) is 3.51. The molecule has 0 aliphatic carbocycles. The van der Waals surface area contributed by atoms with Gasteiger partial charge >= 0.3 is 0 Å². The molecule has 3 N–H and O–H groups in total.